The van der Waals surface area contributed by atoms with E-state index in [1.807, 2.05) is 0 Å². The molecule has 1 heterocycles. The number of nitrogens with two attached hydrogens (primary N) is 1. The molecule has 0 aliphatic rings. The van der Waals surface area contributed by atoms with E-state index in [4.69, 9.17) is 34.2 Å². The topological polar surface area (TPSA) is 84.7 Å². The Bertz CT molecular complexity index is 924. The Morgan fingerprint density at radius 3 is 2.04 bits per heavy atom. The van der Waals surface area contributed by atoms with E-state index < -0.39 is 60.2 Å². The molecule has 26 heavy (non-hydrogen) atoms. The maximum absolute atomic E-state index is 12.7. The van der Waals surface area contributed by atoms with Crippen molar-refractivity contribution in [2.45, 2.75) is 16.6 Å². The zero-order chi connectivity index (χ0) is 20.0. The highest BCUT2D eigenvalue weighted by Crippen LogP contribution is 2.40. The lowest BCUT2D eigenvalue weighted by molar-refractivity contribution is -0.137. The van der Waals surface area contributed by atoms with Gasteiger partial charge in [0, 0.05) is 0 Å². The Labute approximate surface area is 153 Å². The van der Waals surface area contributed by atoms with E-state index in [9.17, 15) is 30.6 Å². The molecule has 0 amide bonds. The Morgan fingerprint density at radius 1 is 1.15 bits per heavy atom. The van der Waals surface area contributed by atoms with Crippen molar-refractivity contribution in [3.8, 4) is 11.8 Å². The Kier molecular flexibility index (Phi) is 5.19. The summed E-state index contributed by atoms with van der Waals surface area (Å²) in [5, 5.41) is 11.1. The van der Waals surface area contributed by atoms with Gasteiger partial charge in [0.1, 0.15) is 22.5 Å². The van der Waals surface area contributed by atoms with Gasteiger partial charge in [-0.05, 0) is 12.1 Å². The van der Waals surface area contributed by atoms with E-state index in [2.05, 4.69) is 5.10 Å². The van der Waals surface area contributed by atoms with Crippen LogP contribution in [0.25, 0.3) is 5.69 Å². The number of benzene rings is 1. The summed E-state index contributed by atoms with van der Waals surface area (Å²) < 4.78 is 88.4. The molecule has 0 aliphatic carbocycles. The van der Waals surface area contributed by atoms with Crippen molar-refractivity contribution in [3.63, 3.8) is 0 Å². The minimum Gasteiger partial charge on any atom is -0.383 e. The molecule has 0 bridgehead atoms. The summed E-state index contributed by atoms with van der Waals surface area (Å²) in [7, 11) is -3.71. The molecule has 2 N–H and O–H groups in total. The van der Waals surface area contributed by atoms with E-state index in [0.717, 1.165) is 0 Å². The maximum atomic E-state index is 12.7. The van der Waals surface area contributed by atoms with Crippen molar-refractivity contribution in [1.29, 1.82) is 5.26 Å². The number of hydrogen-bond acceptors (Lipinski definition) is 4. The normalized spacial score (nSPS) is 13.5. The standard InChI is InChI=1S/C12H4Cl2F6N4OS/c13-5-1-4(11(15,16)17)2-6(14)8(5)24-10(22)9(7(3-21)23-24)26(25)12(18,19)20/h1-2H,22H2/i1+1,2+1,4+1,5+1,6+1,8+1. The summed E-state index contributed by atoms with van der Waals surface area (Å²) in [6.07, 6.45) is -4.79. The first-order chi connectivity index (χ1) is 11.8. The van der Waals surface area contributed by atoms with Crippen LogP contribution >= 0.6 is 23.2 Å². The summed E-state index contributed by atoms with van der Waals surface area (Å²) in [4.78, 5) is -1.15. The fourth-order valence-electron chi connectivity index (χ4n) is 1.89. The van der Waals surface area contributed by atoms with Crippen LogP contribution in [0.1, 0.15) is 11.3 Å². The van der Waals surface area contributed by atoms with Crippen molar-refractivity contribution in [2.75, 3.05) is 5.73 Å². The van der Waals surface area contributed by atoms with Crippen LogP contribution in [0, 0.1) is 11.3 Å². The first-order valence-electron chi connectivity index (χ1n) is 6.12. The first-order valence-corrected chi connectivity index (χ1v) is 8.03. The second-order valence-corrected chi connectivity index (χ2v) is 6.81. The molecule has 2 aromatic rings. The predicted octanol–water partition coefficient (Wildman–Crippen LogP) is 4.28. The van der Waals surface area contributed by atoms with Crippen molar-refractivity contribution < 1.29 is 30.6 Å². The highest BCUT2D eigenvalue weighted by molar-refractivity contribution is 7.86. The van der Waals surface area contributed by atoms with Gasteiger partial charge in [-0.3, -0.25) is 0 Å². The molecule has 5 nitrogen and oxygen atoms in total. The van der Waals surface area contributed by atoms with Crippen molar-refractivity contribution in [2.24, 2.45) is 0 Å². The molecule has 0 saturated carbocycles. The molecular formula is C12H4Cl2F6N4OS. The smallest absolute Gasteiger partial charge is 0.383 e. The van der Waals surface area contributed by atoms with Gasteiger partial charge >= 0.3 is 11.7 Å². The van der Waals surface area contributed by atoms with Gasteiger partial charge in [0.25, 0.3) is 0 Å². The number of nitriles is 1. The lowest BCUT2D eigenvalue weighted by atomic mass is 10.4. The van der Waals surface area contributed by atoms with Gasteiger partial charge in [-0.15, -0.1) is 0 Å². The zero-order valence-corrected chi connectivity index (χ0v) is 14.2. The summed E-state index contributed by atoms with van der Waals surface area (Å²) in [6, 6.07) is 2.19. The minimum atomic E-state index is -5.25. The van der Waals surface area contributed by atoms with Gasteiger partial charge in [-0.1, -0.05) is 23.2 Å². The molecule has 1 atom stereocenters. The van der Waals surface area contributed by atoms with E-state index in [-0.39, 0.29) is 0 Å². The molecule has 1 aromatic carbocycles. The van der Waals surface area contributed by atoms with Crippen LogP contribution in [0.15, 0.2) is 17.0 Å². The number of aromatic nitrogens is 2. The third-order valence-electron chi connectivity index (χ3n) is 2.93. The van der Waals surface area contributed by atoms with Crippen LogP contribution < -0.4 is 5.73 Å². The molecule has 140 valence electrons. The minimum absolute atomic E-state index is 0.433. The van der Waals surface area contributed by atoms with Gasteiger partial charge in [-0.25, -0.2) is 8.89 Å². The van der Waals surface area contributed by atoms with Crippen LogP contribution in [0.2, 0.25) is 10.0 Å². The number of rotatable bonds is 2. The van der Waals surface area contributed by atoms with Gasteiger partial charge in [-0.2, -0.15) is 36.7 Å². The van der Waals surface area contributed by atoms with E-state index in [0.29, 0.717) is 16.8 Å². The van der Waals surface area contributed by atoms with Crippen molar-refractivity contribution >= 4 is 39.8 Å². The fourth-order valence-corrected chi connectivity index (χ4v) is 3.31. The monoisotopic (exact) mass is 442 g/mol. The van der Waals surface area contributed by atoms with Crippen LogP contribution in [0.3, 0.4) is 0 Å². The van der Waals surface area contributed by atoms with Crippen LogP contribution in [0.5, 0.6) is 0 Å². The largest absolute Gasteiger partial charge is 0.476 e. The van der Waals surface area contributed by atoms with Crippen LogP contribution in [-0.2, 0) is 17.0 Å². The van der Waals surface area contributed by atoms with Crippen LogP contribution in [-0.4, -0.2) is 19.5 Å². The summed E-state index contributed by atoms with van der Waals surface area (Å²) >= 11 is 11.5. The average molecular weight is 443 g/mol. The highest BCUT2D eigenvalue weighted by atomic mass is 35.5. The number of nitrogen functional groups attached to an aromatic ring is 1. The molecule has 0 saturated heterocycles. The van der Waals surface area contributed by atoms with Gasteiger partial charge in [0.15, 0.2) is 16.5 Å². The molecule has 1 aromatic heterocycles. The summed E-state index contributed by atoms with van der Waals surface area (Å²) in [6.45, 7) is 0. The third-order valence-corrected chi connectivity index (χ3v) is 4.70. The highest BCUT2D eigenvalue weighted by Gasteiger charge is 2.42. The number of hydrogen-bond donors (Lipinski definition) is 1. The van der Waals surface area contributed by atoms with Gasteiger partial charge < -0.3 is 5.73 Å². The molecular weight excluding hydrogens is 439 g/mol. The summed E-state index contributed by atoms with van der Waals surface area (Å²) in [5.41, 5.74) is -2.42. The lowest BCUT2D eigenvalue weighted by Crippen LogP contribution is -2.18. The van der Waals surface area contributed by atoms with Crippen molar-refractivity contribution in [1.82, 2.24) is 9.78 Å². The molecule has 0 aliphatic heterocycles. The maximum Gasteiger partial charge on any atom is 0.476 e. The van der Waals surface area contributed by atoms with E-state index in [1.54, 1.807) is 0 Å². The summed E-state index contributed by atoms with van der Waals surface area (Å²) in [5.74, 6) is -0.902. The predicted molar refractivity (Wildman–Crippen MR) is 80.2 cm³/mol. The Balaban J connectivity index is 2.75. The second kappa shape index (κ2) is 6.64. The molecule has 0 radical (unpaired) electrons. The van der Waals surface area contributed by atoms with Gasteiger partial charge in [0.05, 0.1) is 15.6 Å². The SMILES string of the molecule is N#Cc1nn(-[13c]2[13c](Cl)[13cH][13c](C(F)(F)F)[13cH][13c]2Cl)c(N)c1S(=O)C(F)(F)F. The molecule has 0 fully saturated rings. The van der Waals surface area contributed by atoms with Crippen LogP contribution in [0.4, 0.5) is 32.2 Å². The number of halogens is 8. The van der Waals surface area contributed by atoms with E-state index >= 15 is 0 Å². The lowest BCUT2D eigenvalue weighted by Gasteiger charge is -2.13. The second-order valence-electron chi connectivity index (χ2n) is 4.59. The molecule has 1 unspecified atom stereocenters. The van der Waals surface area contributed by atoms with E-state index in [1.165, 1.54) is 6.07 Å². The third kappa shape index (κ3) is 3.60. The van der Waals surface area contributed by atoms with Crippen molar-refractivity contribution in [3.05, 3.63) is 33.4 Å². The zero-order valence-electron chi connectivity index (χ0n) is 11.9. The van der Waals surface area contributed by atoms with Gasteiger partial charge in [0.2, 0.25) is 0 Å². The Morgan fingerprint density at radius 2 is 1.65 bits per heavy atom. The fraction of sp³-hybridized carbons (Fsp3) is 0.167. The number of nitrogens with zero attached hydrogens (tertiary/aromatic N) is 3. The molecule has 2 rings (SSSR count). The Hall–Kier alpha value is -1.97. The molecule has 14 heteroatoms. The molecule has 0 spiro atoms. The average Bonchev–Trinajstić information content (AvgIpc) is 2.80. The number of anilines is 1. The quantitative estimate of drug-likeness (QED) is 0.703. The number of alkyl halides is 6. The first kappa shape index (κ1) is 20.3.